The molecule has 0 aliphatic rings. The summed E-state index contributed by atoms with van der Waals surface area (Å²) in [6, 6.07) is 0. The number of nitrogens with zero attached hydrogens (tertiary/aromatic N) is 1. The van der Waals surface area contributed by atoms with Crippen molar-refractivity contribution >= 4 is 35.8 Å². The maximum atomic E-state index is 11.7. The number of rotatable bonds is 8. The van der Waals surface area contributed by atoms with Crippen molar-refractivity contribution in [2.75, 3.05) is 26.7 Å². The van der Waals surface area contributed by atoms with E-state index in [1.807, 2.05) is 20.8 Å². The van der Waals surface area contributed by atoms with Crippen LogP contribution in [0, 0.1) is 5.41 Å². The maximum Gasteiger partial charge on any atom is 0.227 e. The van der Waals surface area contributed by atoms with Crippen molar-refractivity contribution in [3.05, 3.63) is 0 Å². The number of halogens is 1. The topological polar surface area (TPSA) is 65.5 Å². The third-order valence-corrected chi connectivity index (χ3v) is 2.89. The summed E-state index contributed by atoms with van der Waals surface area (Å²) in [5, 5.41) is 9.16. The molecule has 20 heavy (non-hydrogen) atoms. The molecule has 0 saturated carbocycles. The summed E-state index contributed by atoms with van der Waals surface area (Å²) in [5.41, 5.74) is -0.486. The number of carbonyl (C=O) groups excluding carboxylic acids is 1. The zero-order chi connectivity index (χ0) is 14.7. The molecule has 0 fully saturated rings. The Kier molecular flexibility index (Phi) is 13.3. The summed E-state index contributed by atoms with van der Waals surface area (Å²) in [5.74, 6) is 0.800. The van der Waals surface area contributed by atoms with E-state index in [0.29, 0.717) is 6.54 Å². The summed E-state index contributed by atoms with van der Waals surface area (Å²) in [7, 11) is 1.65. The molecule has 3 N–H and O–H groups in total. The lowest BCUT2D eigenvalue weighted by Gasteiger charge is -2.21. The van der Waals surface area contributed by atoms with Gasteiger partial charge in [-0.2, -0.15) is 0 Å². The predicted octanol–water partition coefficient (Wildman–Crippen LogP) is 2.12. The zero-order valence-electron chi connectivity index (χ0n) is 13.5. The van der Waals surface area contributed by atoms with E-state index in [-0.39, 0.29) is 29.9 Å². The molecule has 0 atom stereocenters. The van der Waals surface area contributed by atoms with E-state index in [1.165, 1.54) is 12.8 Å². The second-order valence-electron chi connectivity index (χ2n) is 5.29. The molecule has 5 nitrogen and oxygen atoms in total. The molecule has 0 unspecified atom stereocenters. The van der Waals surface area contributed by atoms with Gasteiger partial charge in [0.2, 0.25) is 5.91 Å². The van der Waals surface area contributed by atoms with E-state index in [9.17, 15) is 4.79 Å². The standard InChI is InChI=1S/C14H30N4O.HI/c1-6-8-9-10-17-13(16-7-2)18-11-14(3,4)12(19)15-5;/h6-11H2,1-5H3,(H,15,19)(H2,16,17,18);1H. The van der Waals surface area contributed by atoms with E-state index < -0.39 is 5.41 Å². The van der Waals surface area contributed by atoms with Crippen LogP contribution in [0.5, 0.6) is 0 Å². The van der Waals surface area contributed by atoms with Gasteiger partial charge >= 0.3 is 0 Å². The molecule has 0 spiro atoms. The largest absolute Gasteiger partial charge is 0.359 e. The molecule has 0 aliphatic carbocycles. The van der Waals surface area contributed by atoms with E-state index in [2.05, 4.69) is 27.9 Å². The predicted molar refractivity (Wildman–Crippen MR) is 96.8 cm³/mol. The monoisotopic (exact) mass is 398 g/mol. The molecule has 6 heteroatoms. The summed E-state index contributed by atoms with van der Waals surface area (Å²) in [6.07, 6.45) is 3.56. The first-order valence-corrected chi connectivity index (χ1v) is 7.22. The molecule has 0 saturated heterocycles. The lowest BCUT2D eigenvalue weighted by Crippen LogP contribution is -2.41. The molecule has 0 heterocycles. The molecule has 120 valence electrons. The smallest absolute Gasteiger partial charge is 0.227 e. The van der Waals surface area contributed by atoms with Crippen LogP contribution in [0.25, 0.3) is 0 Å². The highest BCUT2D eigenvalue weighted by molar-refractivity contribution is 14.0. The van der Waals surface area contributed by atoms with Crippen molar-refractivity contribution in [1.29, 1.82) is 0 Å². The van der Waals surface area contributed by atoms with Crippen LogP contribution in [0.3, 0.4) is 0 Å². The van der Waals surface area contributed by atoms with Gasteiger partial charge in [-0.05, 0) is 27.2 Å². The minimum Gasteiger partial charge on any atom is -0.359 e. The second-order valence-corrected chi connectivity index (χ2v) is 5.29. The molecule has 0 rings (SSSR count). The lowest BCUT2D eigenvalue weighted by molar-refractivity contribution is -0.128. The Morgan fingerprint density at radius 3 is 2.30 bits per heavy atom. The third-order valence-electron chi connectivity index (χ3n) is 2.89. The fourth-order valence-corrected chi connectivity index (χ4v) is 1.61. The highest BCUT2D eigenvalue weighted by Crippen LogP contribution is 2.15. The fraction of sp³-hybridized carbons (Fsp3) is 0.857. The second kappa shape index (κ2) is 12.2. The van der Waals surface area contributed by atoms with E-state index in [1.54, 1.807) is 7.05 Å². The third kappa shape index (κ3) is 9.39. The molecule has 1 amide bonds. The average Bonchev–Trinajstić information content (AvgIpc) is 2.39. The van der Waals surface area contributed by atoms with E-state index in [0.717, 1.165) is 25.5 Å². The first-order chi connectivity index (χ1) is 8.97. The summed E-state index contributed by atoms with van der Waals surface area (Å²) in [6.45, 7) is 10.2. The quantitative estimate of drug-likeness (QED) is 0.254. The van der Waals surface area contributed by atoms with Gasteiger partial charge < -0.3 is 16.0 Å². The van der Waals surface area contributed by atoms with Crippen LogP contribution < -0.4 is 16.0 Å². The Balaban J connectivity index is 0. The highest BCUT2D eigenvalue weighted by Gasteiger charge is 2.26. The number of unbranched alkanes of at least 4 members (excludes halogenated alkanes) is 2. The lowest BCUT2D eigenvalue weighted by atomic mass is 9.93. The first-order valence-electron chi connectivity index (χ1n) is 7.22. The number of aliphatic imine (C=N–C) groups is 1. The fourth-order valence-electron chi connectivity index (χ4n) is 1.61. The minimum absolute atomic E-state index is 0. The number of guanidine groups is 1. The van der Waals surface area contributed by atoms with Crippen molar-refractivity contribution < 1.29 is 4.79 Å². The van der Waals surface area contributed by atoms with Crippen LogP contribution in [-0.4, -0.2) is 38.5 Å². The molecule has 0 bridgehead atoms. The Bertz CT molecular complexity index is 293. The molecular formula is C14H31IN4O. The van der Waals surface area contributed by atoms with Crippen molar-refractivity contribution in [3.63, 3.8) is 0 Å². The van der Waals surface area contributed by atoms with Crippen LogP contribution >= 0.6 is 24.0 Å². The molecule has 0 aromatic rings. The number of hydrogen-bond donors (Lipinski definition) is 3. The van der Waals surface area contributed by atoms with Gasteiger partial charge in [-0.3, -0.25) is 9.79 Å². The molecule has 0 aliphatic heterocycles. The number of amides is 1. The Morgan fingerprint density at radius 1 is 1.15 bits per heavy atom. The zero-order valence-corrected chi connectivity index (χ0v) is 15.8. The summed E-state index contributed by atoms with van der Waals surface area (Å²) < 4.78 is 0. The van der Waals surface area contributed by atoms with Gasteiger partial charge in [0.15, 0.2) is 5.96 Å². The van der Waals surface area contributed by atoms with Gasteiger partial charge in [-0.25, -0.2) is 0 Å². The minimum atomic E-state index is -0.486. The van der Waals surface area contributed by atoms with Crippen molar-refractivity contribution in [1.82, 2.24) is 16.0 Å². The van der Waals surface area contributed by atoms with Crippen LogP contribution in [0.4, 0.5) is 0 Å². The highest BCUT2D eigenvalue weighted by atomic mass is 127. The Labute approximate surface area is 140 Å². The Hall–Kier alpha value is -0.530. The normalized spacial score (nSPS) is 11.6. The van der Waals surface area contributed by atoms with Crippen LogP contribution in [0.15, 0.2) is 4.99 Å². The van der Waals surface area contributed by atoms with Crippen LogP contribution in [-0.2, 0) is 4.79 Å². The Morgan fingerprint density at radius 2 is 1.80 bits per heavy atom. The van der Waals surface area contributed by atoms with E-state index in [4.69, 9.17) is 0 Å². The molecule has 0 aromatic carbocycles. The van der Waals surface area contributed by atoms with Gasteiger partial charge in [0.05, 0.1) is 12.0 Å². The van der Waals surface area contributed by atoms with Gasteiger partial charge in [0.25, 0.3) is 0 Å². The van der Waals surface area contributed by atoms with Gasteiger partial charge in [0, 0.05) is 20.1 Å². The molecular weight excluding hydrogens is 367 g/mol. The first kappa shape index (κ1) is 21.8. The SMILES string of the molecule is CCCCCNC(=NCC(C)(C)C(=O)NC)NCC.I. The van der Waals surface area contributed by atoms with Gasteiger partial charge in [-0.1, -0.05) is 19.8 Å². The molecule has 0 radical (unpaired) electrons. The summed E-state index contributed by atoms with van der Waals surface area (Å²) in [4.78, 5) is 16.2. The van der Waals surface area contributed by atoms with Gasteiger partial charge in [0.1, 0.15) is 0 Å². The van der Waals surface area contributed by atoms with Crippen LogP contribution in [0.1, 0.15) is 47.0 Å². The van der Waals surface area contributed by atoms with Crippen molar-refractivity contribution in [2.45, 2.75) is 47.0 Å². The molecule has 0 aromatic heterocycles. The number of nitrogens with one attached hydrogen (secondary N) is 3. The van der Waals surface area contributed by atoms with Gasteiger partial charge in [-0.15, -0.1) is 24.0 Å². The van der Waals surface area contributed by atoms with E-state index >= 15 is 0 Å². The van der Waals surface area contributed by atoms with Crippen LogP contribution in [0.2, 0.25) is 0 Å². The van der Waals surface area contributed by atoms with Crippen molar-refractivity contribution in [2.24, 2.45) is 10.4 Å². The number of hydrogen-bond acceptors (Lipinski definition) is 2. The average molecular weight is 398 g/mol. The summed E-state index contributed by atoms with van der Waals surface area (Å²) >= 11 is 0. The van der Waals surface area contributed by atoms with Crippen molar-refractivity contribution in [3.8, 4) is 0 Å². The maximum absolute atomic E-state index is 11.7. The number of carbonyl (C=O) groups is 1.